The van der Waals surface area contributed by atoms with Gasteiger partial charge in [-0.15, -0.1) is 0 Å². The second kappa shape index (κ2) is 5.47. The quantitative estimate of drug-likeness (QED) is 0.945. The van der Waals surface area contributed by atoms with Crippen LogP contribution < -0.4 is 5.32 Å². The second-order valence-electron chi connectivity index (χ2n) is 5.56. The smallest absolute Gasteiger partial charge is 0.323 e. The molecule has 1 N–H and O–H groups in total. The van der Waals surface area contributed by atoms with E-state index in [1.807, 2.05) is 0 Å². The van der Waals surface area contributed by atoms with Crippen molar-refractivity contribution in [3.8, 4) is 0 Å². The summed E-state index contributed by atoms with van der Waals surface area (Å²) in [6.45, 7) is 3.16. The molecular weight excluding hydrogens is 295 g/mol. The monoisotopic (exact) mass is 311 g/mol. The first kappa shape index (κ1) is 16.1. The van der Waals surface area contributed by atoms with Crippen molar-refractivity contribution >= 4 is 11.6 Å². The summed E-state index contributed by atoms with van der Waals surface area (Å²) < 4.78 is 39.9. The van der Waals surface area contributed by atoms with Gasteiger partial charge in [-0.25, -0.2) is 0 Å². The number of aryl methyl sites for hydroxylation is 1. The maximum absolute atomic E-state index is 12.8. The van der Waals surface area contributed by atoms with E-state index in [9.17, 15) is 18.0 Å². The van der Waals surface area contributed by atoms with E-state index in [-0.39, 0.29) is 0 Å². The van der Waals surface area contributed by atoms with Gasteiger partial charge in [0.05, 0.1) is 22.9 Å². The molecule has 0 saturated heterocycles. The van der Waals surface area contributed by atoms with Crippen LogP contribution in [-0.2, 0) is 23.4 Å². The third kappa shape index (κ3) is 3.29. The topological polar surface area (TPSA) is 46.9 Å². The molecular formula is C15H16F3N3O. The Morgan fingerprint density at radius 2 is 1.86 bits per heavy atom. The summed E-state index contributed by atoms with van der Waals surface area (Å²) in [5.41, 5.74) is -1.10. The fraction of sp³-hybridized carbons (Fsp3) is 0.333. The summed E-state index contributed by atoms with van der Waals surface area (Å²) in [5, 5.41) is 6.58. The number of hydrogen-bond acceptors (Lipinski definition) is 2. The first-order chi connectivity index (χ1) is 10.1. The van der Waals surface area contributed by atoms with Gasteiger partial charge in [0.15, 0.2) is 0 Å². The van der Waals surface area contributed by atoms with Crippen molar-refractivity contribution in [2.75, 3.05) is 5.32 Å². The van der Waals surface area contributed by atoms with Crippen molar-refractivity contribution in [1.82, 2.24) is 9.78 Å². The Hall–Kier alpha value is -2.31. The Kier molecular flexibility index (Phi) is 4.00. The molecule has 1 aromatic heterocycles. The van der Waals surface area contributed by atoms with Crippen LogP contribution in [0.1, 0.15) is 25.0 Å². The maximum atomic E-state index is 12.8. The summed E-state index contributed by atoms with van der Waals surface area (Å²) in [5.74, 6) is -0.403. The molecule has 4 nitrogen and oxygen atoms in total. The van der Waals surface area contributed by atoms with Crippen molar-refractivity contribution in [1.29, 1.82) is 0 Å². The molecule has 0 aliphatic carbocycles. The van der Waals surface area contributed by atoms with Gasteiger partial charge in [0.2, 0.25) is 5.91 Å². The van der Waals surface area contributed by atoms with Gasteiger partial charge in [-0.05, 0) is 25.5 Å². The molecule has 0 spiro atoms. The predicted molar refractivity (Wildman–Crippen MR) is 76.3 cm³/mol. The Labute approximate surface area is 125 Å². The lowest BCUT2D eigenvalue weighted by Crippen LogP contribution is -2.34. The lowest BCUT2D eigenvalue weighted by Gasteiger charge is -2.24. The fourth-order valence-electron chi connectivity index (χ4n) is 1.99. The zero-order valence-electron chi connectivity index (χ0n) is 12.4. The van der Waals surface area contributed by atoms with Crippen LogP contribution in [0.15, 0.2) is 36.7 Å². The molecule has 0 radical (unpaired) electrons. The highest BCUT2D eigenvalue weighted by atomic mass is 19.4. The molecule has 0 aliphatic heterocycles. The van der Waals surface area contributed by atoms with Gasteiger partial charge in [-0.2, -0.15) is 18.3 Å². The number of hydrogen-bond donors (Lipinski definition) is 1. The van der Waals surface area contributed by atoms with Gasteiger partial charge >= 0.3 is 6.18 Å². The number of rotatable bonds is 3. The molecule has 2 aromatic rings. The molecule has 118 valence electrons. The van der Waals surface area contributed by atoms with Crippen molar-refractivity contribution in [2.24, 2.45) is 7.05 Å². The highest BCUT2D eigenvalue weighted by Crippen LogP contribution is 2.33. The molecule has 7 heteroatoms. The van der Waals surface area contributed by atoms with Crippen LogP contribution in [0.3, 0.4) is 0 Å². The molecule has 0 saturated carbocycles. The first-order valence-electron chi connectivity index (χ1n) is 6.58. The van der Waals surface area contributed by atoms with Crippen LogP contribution in [0.5, 0.6) is 0 Å². The number of amides is 1. The average Bonchev–Trinajstić information content (AvgIpc) is 2.83. The second-order valence-corrected chi connectivity index (χ2v) is 5.56. The van der Waals surface area contributed by atoms with Crippen molar-refractivity contribution in [3.63, 3.8) is 0 Å². The summed E-state index contributed by atoms with van der Waals surface area (Å²) in [6, 6.07) is 4.80. The molecule has 1 aromatic carbocycles. The fourth-order valence-corrected chi connectivity index (χ4v) is 1.99. The van der Waals surface area contributed by atoms with E-state index in [1.54, 1.807) is 27.1 Å². The van der Waals surface area contributed by atoms with E-state index in [0.717, 1.165) is 12.1 Å². The lowest BCUT2D eigenvalue weighted by molar-refractivity contribution is -0.137. The van der Waals surface area contributed by atoms with E-state index in [4.69, 9.17) is 0 Å². The summed E-state index contributed by atoms with van der Waals surface area (Å²) in [4.78, 5) is 12.4. The largest absolute Gasteiger partial charge is 0.416 e. The van der Waals surface area contributed by atoms with Crippen LogP contribution in [-0.4, -0.2) is 15.7 Å². The number of carbonyl (C=O) groups is 1. The number of nitrogens with one attached hydrogen (secondary N) is 1. The van der Waals surface area contributed by atoms with E-state index >= 15 is 0 Å². The van der Waals surface area contributed by atoms with Gasteiger partial charge in [0, 0.05) is 13.2 Å². The van der Waals surface area contributed by atoms with Gasteiger partial charge in [0.1, 0.15) is 0 Å². The average molecular weight is 311 g/mol. The molecule has 0 atom stereocenters. The first-order valence-corrected chi connectivity index (χ1v) is 6.58. The van der Waals surface area contributed by atoms with Crippen LogP contribution >= 0.6 is 0 Å². The molecule has 22 heavy (non-hydrogen) atoms. The Balaban J connectivity index is 2.27. The SMILES string of the molecule is Cn1cc(NC(=O)C(C)(C)c2cccc(C(F)(F)F)c2)cn1. The van der Waals surface area contributed by atoms with Gasteiger partial charge < -0.3 is 5.32 Å². The molecule has 0 unspecified atom stereocenters. The van der Waals surface area contributed by atoms with Crippen LogP contribution in [0.2, 0.25) is 0 Å². The Morgan fingerprint density at radius 3 is 2.41 bits per heavy atom. The minimum absolute atomic E-state index is 0.295. The van der Waals surface area contributed by atoms with Crippen LogP contribution in [0.4, 0.5) is 18.9 Å². The highest BCUT2D eigenvalue weighted by Gasteiger charge is 2.35. The van der Waals surface area contributed by atoms with Gasteiger partial charge in [-0.1, -0.05) is 18.2 Å². The number of alkyl halides is 3. The zero-order chi connectivity index (χ0) is 16.5. The Bertz CT molecular complexity index is 689. The number of carbonyl (C=O) groups excluding carboxylic acids is 1. The minimum atomic E-state index is -4.44. The molecule has 0 aliphatic rings. The third-order valence-electron chi connectivity index (χ3n) is 3.44. The summed E-state index contributed by atoms with van der Waals surface area (Å²) in [7, 11) is 1.70. The standard InChI is InChI=1S/C15H16F3N3O/c1-14(2,13(22)20-12-8-19-21(3)9-12)10-5-4-6-11(7-10)15(16,17)18/h4-9H,1-3H3,(H,20,22). The molecule has 2 rings (SSSR count). The van der Waals surface area contributed by atoms with Gasteiger partial charge in [-0.3, -0.25) is 9.48 Å². The molecule has 0 bridgehead atoms. The Morgan fingerprint density at radius 1 is 1.23 bits per heavy atom. The van der Waals surface area contributed by atoms with Crippen molar-refractivity contribution in [2.45, 2.75) is 25.4 Å². The number of benzene rings is 1. The minimum Gasteiger partial charge on any atom is -0.323 e. The van der Waals surface area contributed by atoms with Crippen molar-refractivity contribution in [3.05, 3.63) is 47.8 Å². The molecule has 0 fully saturated rings. The van der Waals surface area contributed by atoms with Crippen molar-refractivity contribution < 1.29 is 18.0 Å². The highest BCUT2D eigenvalue weighted by molar-refractivity contribution is 5.98. The van der Waals surface area contributed by atoms with Gasteiger partial charge in [0.25, 0.3) is 0 Å². The third-order valence-corrected chi connectivity index (χ3v) is 3.44. The van der Waals surface area contributed by atoms with Crippen LogP contribution in [0.25, 0.3) is 0 Å². The molecule has 1 heterocycles. The number of nitrogens with zero attached hydrogens (tertiary/aromatic N) is 2. The normalized spacial score (nSPS) is 12.3. The van der Waals surface area contributed by atoms with E-state index in [1.165, 1.54) is 23.0 Å². The number of anilines is 1. The molecule has 1 amide bonds. The number of aromatic nitrogens is 2. The maximum Gasteiger partial charge on any atom is 0.416 e. The predicted octanol–water partition coefficient (Wildman–Crippen LogP) is 3.36. The van der Waals surface area contributed by atoms with E-state index < -0.39 is 23.1 Å². The van der Waals surface area contributed by atoms with E-state index in [0.29, 0.717) is 11.3 Å². The zero-order valence-corrected chi connectivity index (χ0v) is 12.4. The number of halogens is 3. The summed E-state index contributed by atoms with van der Waals surface area (Å²) >= 11 is 0. The van der Waals surface area contributed by atoms with E-state index in [2.05, 4.69) is 10.4 Å². The van der Waals surface area contributed by atoms with Crippen LogP contribution in [0, 0.1) is 0 Å². The summed E-state index contributed by atoms with van der Waals surface area (Å²) in [6.07, 6.45) is -1.36. The lowest BCUT2D eigenvalue weighted by atomic mass is 9.83.